The van der Waals surface area contributed by atoms with Crippen LogP contribution < -0.4 is 10.6 Å². The fourth-order valence-corrected chi connectivity index (χ4v) is 5.54. The van der Waals surface area contributed by atoms with E-state index in [9.17, 15) is 4.79 Å². The highest BCUT2D eigenvalue weighted by molar-refractivity contribution is 6.31. The minimum absolute atomic E-state index is 0.0214. The van der Waals surface area contributed by atoms with Gasteiger partial charge in [0.1, 0.15) is 0 Å². The molecular formula is C27H32ClN3O3. The van der Waals surface area contributed by atoms with Crippen molar-refractivity contribution >= 4 is 34.6 Å². The first kappa shape index (κ1) is 23.3. The van der Waals surface area contributed by atoms with Crippen LogP contribution in [0, 0.1) is 6.92 Å². The highest BCUT2D eigenvalue weighted by atomic mass is 35.5. The number of nitrogens with two attached hydrogens (primary N) is 1. The Hall–Kier alpha value is -2.41. The van der Waals surface area contributed by atoms with Gasteiger partial charge in [-0.15, -0.1) is 0 Å². The maximum absolute atomic E-state index is 13.6. The number of benzene rings is 2. The predicted octanol–water partition coefficient (Wildman–Crippen LogP) is 5.19. The van der Waals surface area contributed by atoms with Crippen molar-refractivity contribution in [2.24, 2.45) is 4.99 Å². The van der Waals surface area contributed by atoms with Crippen LogP contribution in [0.25, 0.3) is 0 Å². The van der Waals surface area contributed by atoms with Crippen LogP contribution in [0.4, 0.5) is 11.4 Å². The third-order valence-electron chi connectivity index (χ3n) is 7.08. The molecular weight excluding hydrogens is 450 g/mol. The predicted molar refractivity (Wildman–Crippen MR) is 136 cm³/mol. The lowest BCUT2D eigenvalue weighted by Crippen LogP contribution is -2.38. The molecule has 7 heteroatoms. The second-order valence-electron chi connectivity index (χ2n) is 9.51. The number of hydrogen-bond acceptors (Lipinski definition) is 5. The Labute approximate surface area is 206 Å². The molecule has 0 radical (unpaired) electrons. The molecule has 2 aromatic carbocycles. The van der Waals surface area contributed by atoms with Crippen LogP contribution in [-0.2, 0) is 9.47 Å². The SMILES string of the molecule is Cc1cc(N)ccc1C(=O)N1CCCC(=NC2CCC3OCCCOC3C2)c2cc(Cl)ccc21. The number of halogens is 1. The van der Waals surface area contributed by atoms with Crippen molar-refractivity contribution in [3.8, 4) is 0 Å². The van der Waals surface area contributed by atoms with Crippen LogP contribution in [0.15, 0.2) is 41.4 Å². The van der Waals surface area contributed by atoms with Crippen LogP contribution in [0.1, 0.15) is 60.0 Å². The second-order valence-corrected chi connectivity index (χ2v) is 9.95. The van der Waals surface area contributed by atoms with Gasteiger partial charge in [0.15, 0.2) is 0 Å². The normalized spacial score (nSPS) is 26.4. The summed E-state index contributed by atoms with van der Waals surface area (Å²) in [6.45, 7) is 4.09. The van der Waals surface area contributed by atoms with Crippen molar-refractivity contribution in [2.45, 2.75) is 63.7 Å². The second kappa shape index (κ2) is 10.1. The number of amides is 1. The van der Waals surface area contributed by atoms with Gasteiger partial charge < -0.3 is 20.1 Å². The lowest BCUT2D eigenvalue weighted by molar-refractivity contribution is -0.0614. The van der Waals surface area contributed by atoms with Gasteiger partial charge in [-0.3, -0.25) is 9.79 Å². The molecule has 3 aliphatic rings. The van der Waals surface area contributed by atoms with Gasteiger partial charge in [0.05, 0.1) is 23.9 Å². The smallest absolute Gasteiger partial charge is 0.258 e. The summed E-state index contributed by atoms with van der Waals surface area (Å²) in [6, 6.07) is 11.4. The third-order valence-corrected chi connectivity index (χ3v) is 7.31. The van der Waals surface area contributed by atoms with Gasteiger partial charge in [0.25, 0.3) is 5.91 Å². The van der Waals surface area contributed by atoms with E-state index in [4.69, 9.17) is 31.8 Å². The molecule has 0 bridgehead atoms. The van der Waals surface area contributed by atoms with E-state index >= 15 is 0 Å². The van der Waals surface area contributed by atoms with E-state index in [1.807, 2.05) is 42.2 Å². The summed E-state index contributed by atoms with van der Waals surface area (Å²) in [4.78, 5) is 20.7. The Morgan fingerprint density at radius 3 is 2.74 bits per heavy atom. The maximum Gasteiger partial charge on any atom is 0.258 e. The molecule has 3 atom stereocenters. The lowest BCUT2D eigenvalue weighted by atomic mass is 9.90. The van der Waals surface area contributed by atoms with E-state index in [-0.39, 0.29) is 24.2 Å². The molecule has 2 aliphatic heterocycles. The molecule has 5 rings (SSSR count). The van der Waals surface area contributed by atoms with Crippen LogP contribution in [0.3, 0.4) is 0 Å². The monoisotopic (exact) mass is 481 g/mol. The number of nitrogens with zero attached hydrogens (tertiary/aromatic N) is 2. The van der Waals surface area contributed by atoms with Gasteiger partial charge in [-0.1, -0.05) is 11.6 Å². The number of ether oxygens (including phenoxy) is 2. The summed E-state index contributed by atoms with van der Waals surface area (Å²) in [5.41, 5.74) is 11.0. The number of rotatable bonds is 2. The van der Waals surface area contributed by atoms with Crippen molar-refractivity contribution in [3.05, 3.63) is 58.1 Å². The zero-order valence-corrected chi connectivity index (χ0v) is 20.4. The van der Waals surface area contributed by atoms with E-state index < -0.39 is 0 Å². The van der Waals surface area contributed by atoms with Crippen LogP contribution in [-0.4, -0.2) is 49.6 Å². The first-order valence-electron chi connectivity index (χ1n) is 12.3. The number of carbonyl (C=O) groups is 1. The van der Waals surface area contributed by atoms with E-state index in [1.54, 1.807) is 6.07 Å². The summed E-state index contributed by atoms with van der Waals surface area (Å²) in [5.74, 6) is -0.0214. The van der Waals surface area contributed by atoms with Crippen molar-refractivity contribution in [3.63, 3.8) is 0 Å². The fourth-order valence-electron chi connectivity index (χ4n) is 5.36. The van der Waals surface area contributed by atoms with Gasteiger partial charge in [-0.05, 0) is 87.4 Å². The molecule has 0 spiro atoms. The largest absolute Gasteiger partial charge is 0.399 e. The molecule has 1 amide bonds. The first-order chi connectivity index (χ1) is 16.5. The minimum atomic E-state index is -0.0214. The summed E-state index contributed by atoms with van der Waals surface area (Å²) in [6.07, 6.45) is 5.72. The fraction of sp³-hybridized carbons (Fsp3) is 0.481. The van der Waals surface area contributed by atoms with Crippen LogP contribution >= 0.6 is 11.6 Å². The molecule has 2 fully saturated rings. The Kier molecular flexibility index (Phi) is 6.91. The molecule has 2 N–H and O–H groups in total. The highest BCUT2D eigenvalue weighted by Crippen LogP contribution is 2.34. The Balaban J connectivity index is 1.45. The Morgan fingerprint density at radius 1 is 1.09 bits per heavy atom. The van der Waals surface area contributed by atoms with E-state index in [1.165, 1.54) is 0 Å². The zero-order chi connectivity index (χ0) is 23.7. The number of anilines is 2. The highest BCUT2D eigenvalue weighted by Gasteiger charge is 2.34. The van der Waals surface area contributed by atoms with Crippen molar-refractivity contribution in [1.82, 2.24) is 0 Å². The Bertz CT molecular complexity index is 1100. The van der Waals surface area contributed by atoms with Gasteiger partial charge in [-0.25, -0.2) is 0 Å². The van der Waals surface area contributed by atoms with Gasteiger partial charge in [-0.2, -0.15) is 0 Å². The molecule has 3 unspecified atom stereocenters. The average molecular weight is 482 g/mol. The maximum atomic E-state index is 13.6. The first-order valence-corrected chi connectivity index (χ1v) is 12.6. The van der Waals surface area contributed by atoms with Gasteiger partial charge in [0, 0.05) is 47.3 Å². The molecule has 1 aliphatic carbocycles. The minimum Gasteiger partial charge on any atom is -0.399 e. The number of carbonyl (C=O) groups excluding carboxylic acids is 1. The molecule has 0 aromatic heterocycles. The van der Waals surface area contributed by atoms with Crippen LogP contribution in [0.5, 0.6) is 0 Å². The molecule has 2 aromatic rings. The third kappa shape index (κ3) is 4.85. The number of aliphatic imine (C=N–C) groups is 1. The number of aryl methyl sites for hydroxylation is 1. The molecule has 34 heavy (non-hydrogen) atoms. The molecule has 1 saturated carbocycles. The quantitative estimate of drug-likeness (QED) is 0.599. The van der Waals surface area contributed by atoms with Crippen LogP contribution in [0.2, 0.25) is 5.02 Å². The molecule has 6 nitrogen and oxygen atoms in total. The summed E-state index contributed by atoms with van der Waals surface area (Å²) in [7, 11) is 0. The van der Waals surface area contributed by atoms with Crippen molar-refractivity contribution < 1.29 is 14.3 Å². The molecule has 1 saturated heterocycles. The van der Waals surface area contributed by atoms with E-state index in [0.717, 1.165) is 74.3 Å². The van der Waals surface area contributed by atoms with E-state index in [0.29, 0.717) is 22.8 Å². The van der Waals surface area contributed by atoms with Crippen molar-refractivity contribution in [1.29, 1.82) is 0 Å². The number of hydrogen-bond donors (Lipinski definition) is 1. The van der Waals surface area contributed by atoms with Crippen molar-refractivity contribution in [2.75, 3.05) is 30.4 Å². The Morgan fingerprint density at radius 2 is 1.91 bits per heavy atom. The van der Waals surface area contributed by atoms with Gasteiger partial charge in [0.2, 0.25) is 0 Å². The molecule has 2 heterocycles. The summed E-state index contributed by atoms with van der Waals surface area (Å²) >= 11 is 6.43. The average Bonchev–Trinajstić information content (AvgIpc) is 3.15. The summed E-state index contributed by atoms with van der Waals surface area (Å²) in [5, 5.41) is 0.647. The number of fused-ring (bicyclic) bond motifs is 2. The number of nitrogen functional groups attached to an aromatic ring is 1. The lowest BCUT2D eigenvalue weighted by Gasteiger charge is -2.33. The van der Waals surface area contributed by atoms with Gasteiger partial charge >= 0.3 is 0 Å². The summed E-state index contributed by atoms with van der Waals surface area (Å²) < 4.78 is 12.1. The van der Waals surface area contributed by atoms with E-state index in [2.05, 4.69) is 0 Å². The topological polar surface area (TPSA) is 77.2 Å². The zero-order valence-electron chi connectivity index (χ0n) is 19.6. The standard InChI is InChI=1S/C27H32ClN3O3/c1-17-14-19(29)6-8-21(17)27(32)31-11-2-4-23(22-15-18(28)5-9-24(22)31)30-20-7-10-25-26(16-20)34-13-3-12-33-25/h5-6,8-9,14-15,20,25-26H,2-4,7,10-13,16,29H2,1H3. The molecule has 180 valence electrons.